The summed E-state index contributed by atoms with van der Waals surface area (Å²) in [7, 11) is 0. The molecule has 0 spiro atoms. The van der Waals surface area contributed by atoms with Crippen molar-refractivity contribution in [1.82, 2.24) is 0 Å². The number of carbonyl (C=O) groups excluding carboxylic acids is 1. The molecule has 0 saturated heterocycles. The Morgan fingerprint density at radius 1 is 1.32 bits per heavy atom. The summed E-state index contributed by atoms with van der Waals surface area (Å²) in [4.78, 5) is 21.9. The summed E-state index contributed by atoms with van der Waals surface area (Å²) in [5.74, 6) is -0.113. The van der Waals surface area contributed by atoms with Crippen LogP contribution in [0.1, 0.15) is 28.4 Å². The van der Waals surface area contributed by atoms with Gasteiger partial charge in [0, 0.05) is 23.7 Å². The van der Waals surface area contributed by atoms with Gasteiger partial charge in [0.1, 0.15) is 6.07 Å². The molecule has 0 atom stereocenters. The van der Waals surface area contributed by atoms with Gasteiger partial charge in [-0.2, -0.15) is 5.26 Å². The molecule has 0 amide bonds. The van der Waals surface area contributed by atoms with E-state index < -0.39 is 4.92 Å². The lowest BCUT2D eigenvalue weighted by molar-refractivity contribution is -0.385. The molecule has 110 valence electrons. The summed E-state index contributed by atoms with van der Waals surface area (Å²) in [5, 5.41) is 23.1. The van der Waals surface area contributed by atoms with Crippen molar-refractivity contribution < 1.29 is 9.72 Å². The van der Waals surface area contributed by atoms with Crippen molar-refractivity contribution in [2.24, 2.45) is 0 Å². The first-order valence-electron chi connectivity index (χ1n) is 6.54. The van der Waals surface area contributed by atoms with Gasteiger partial charge in [-0.25, -0.2) is 0 Å². The van der Waals surface area contributed by atoms with Gasteiger partial charge in [-0.1, -0.05) is 18.2 Å². The summed E-state index contributed by atoms with van der Waals surface area (Å²) in [6.45, 7) is 1.63. The number of nitrogens with one attached hydrogen (secondary N) is 1. The molecule has 0 heterocycles. The van der Waals surface area contributed by atoms with Crippen molar-refractivity contribution >= 4 is 17.2 Å². The van der Waals surface area contributed by atoms with Gasteiger partial charge in [0.15, 0.2) is 5.78 Å². The fraction of sp³-hybridized carbons (Fsp3) is 0.125. The average Bonchev–Trinajstić information content (AvgIpc) is 2.52. The van der Waals surface area contributed by atoms with E-state index in [4.69, 9.17) is 5.26 Å². The first-order chi connectivity index (χ1) is 10.5. The number of rotatable bonds is 5. The van der Waals surface area contributed by atoms with Crippen LogP contribution in [0.2, 0.25) is 0 Å². The lowest BCUT2D eigenvalue weighted by Crippen LogP contribution is -2.05. The predicted molar refractivity (Wildman–Crippen MR) is 81.6 cm³/mol. The van der Waals surface area contributed by atoms with E-state index in [1.807, 2.05) is 6.07 Å². The second-order valence-corrected chi connectivity index (χ2v) is 4.67. The van der Waals surface area contributed by atoms with Gasteiger partial charge in [0.05, 0.1) is 16.2 Å². The normalized spacial score (nSPS) is 9.82. The minimum atomic E-state index is -0.450. The quantitative estimate of drug-likeness (QED) is 0.518. The highest BCUT2D eigenvalue weighted by atomic mass is 16.6. The molecule has 2 aromatic carbocycles. The summed E-state index contributed by atoms with van der Waals surface area (Å²) in [6.07, 6.45) is 0. The van der Waals surface area contributed by atoms with Gasteiger partial charge in [-0.15, -0.1) is 0 Å². The Balaban J connectivity index is 2.29. The number of hydrogen-bond acceptors (Lipinski definition) is 5. The molecule has 0 fully saturated rings. The van der Waals surface area contributed by atoms with Gasteiger partial charge >= 0.3 is 0 Å². The maximum atomic E-state index is 11.4. The van der Waals surface area contributed by atoms with Crippen LogP contribution < -0.4 is 5.32 Å². The number of nitro benzene ring substituents is 1. The molecule has 22 heavy (non-hydrogen) atoms. The number of hydrogen-bond donors (Lipinski definition) is 1. The SMILES string of the molecule is CC(=O)c1ccc(C#N)c(NCc2ccccc2[N+](=O)[O-])c1. The molecule has 0 aliphatic heterocycles. The zero-order chi connectivity index (χ0) is 16.1. The fourth-order valence-corrected chi connectivity index (χ4v) is 2.04. The molecule has 6 heteroatoms. The van der Waals surface area contributed by atoms with E-state index in [9.17, 15) is 14.9 Å². The molecule has 1 N–H and O–H groups in total. The van der Waals surface area contributed by atoms with Crippen molar-refractivity contribution in [3.8, 4) is 6.07 Å². The van der Waals surface area contributed by atoms with E-state index in [1.165, 1.54) is 13.0 Å². The number of anilines is 1. The average molecular weight is 295 g/mol. The number of nitriles is 1. The van der Waals surface area contributed by atoms with Crippen LogP contribution >= 0.6 is 0 Å². The van der Waals surface area contributed by atoms with Crippen LogP contribution in [-0.4, -0.2) is 10.7 Å². The molecular weight excluding hydrogens is 282 g/mol. The van der Waals surface area contributed by atoms with Crippen LogP contribution in [0.15, 0.2) is 42.5 Å². The minimum absolute atomic E-state index is 0.0104. The van der Waals surface area contributed by atoms with Gasteiger partial charge in [0.2, 0.25) is 0 Å². The van der Waals surface area contributed by atoms with Gasteiger partial charge in [0.25, 0.3) is 5.69 Å². The largest absolute Gasteiger partial charge is 0.380 e. The first-order valence-corrected chi connectivity index (χ1v) is 6.54. The monoisotopic (exact) mass is 295 g/mol. The molecule has 0 bridgehead atoms. The lowest BCUT2D eigenvalue weighted by Gasteiger charge is -2.10. The fourth-order valence-electron chi connectivity index (χ4n) is 2.04. The van der Waals surface area contributed by atoms with Crippen LogP contribution in [0.4, 0.5) is 11.4 Å². The van der Waals surface area contributed by atoms with Crippen LogP contribution in [0.25, 0.3) is 0 Å². The molecule has 0 radical (unpaired) electrons. The van der Waals surface area contributed by atoms with Gasteiger partial charge in [-0.05, 0) is 25.1 Å². The van der Waals surface area contributed by atoms with E-state index in [2.05, 4.69) is 5.32 Å². The zero-order valence-electron chi connectivity index (χ0n) is 11.9. The zero-order valence-corrected chi connectivity index (χ0v) is 11.9. The molecular formula is C16H13N3O3. The third-order valence-corrected chi connectivity index (χ3v) is 3.20. The lowest BCUT2D eigenvalue weighted by atomic mass is 10.1. The van der Waals surface area contributed by atoms with Crippen LogP contribution in [0, 0.1) is 21.4 Å². The molecule has 0 saturated carbocycles. The van der Waals surface area contributed by atoms with E-state index in [0.717, 1.165) is 0 Å². The van der Waals surface area contributed by atoms with E-state index in [1.54, 1.807) is 36.4 Å². The number of para-hydroxylation sites is 1. The smallest absolute Gasteiger partial charge is 0.274 e. The second kappa shape index (κ2) is 6.50. The molecule has 2 aromatic rings. The van der Waals surface area contributed by atoms with Crippen LogP contribution in [0.3, 0.4) is 0 Å². The number of nitrogens with zero attached hydrogens (tertiary/aromatic N) is 2. The standard InChI is InChI=1S/C16H13N3O3/c1-11(20)12-6-7-13(9-17)15(8-12)18-10-14-4-2-3-5-16(14)19(21)22/h2-8,18H,10H2,1H3. The Kier molecular flexibility index (Phi) is 4.49. The highest BCUT2D eigenvalue weighted by Crippen LogP contribution is 2.22. The number of ketones is 1. The maximum absolute atomic E-state index is 11.4. The summed E-state index contributed by atoms with van der Waals surface area (Å²) in [5.41, 5.74) is 1.85. The summed E-state index contributed by atoms with van der Waals surface area (Å²) < 4.78 is 0. The number of Topliss-reactive ketones (excluding diaryl/α,β-unsaturated/α-hetero) is 1. The van der Waals surface area contributed by atoms with E-state index in [0.29, 0.717) is 22.4 Å². The van der Waals surface area contributed by atoms with Crippen molar-refractivity contribution in [1.29, 1.82) is 5.26 Å². The maximum Gasteiger partial charge on any atom is 0.274 e. The van der Waals surface area contributed by atoms with Crippen molar-refractivity contribution in [3.63, 3.8) is 0 Å². The number of carbonyl (C=O) groups is 1. The summed E-state index contributed by atoms with van der Waals surface area (Å²) in [6, 6.07) is 13.1. The third-order valence-electron chi connectivity index (χ3n) is 3.20. The van der Waals surface area contributed by atoms with Crippen LogP contribution in [-0.2, 0) is 6.54 Å². The molecule has 6 nitrogen and oxygen atoms in total. The van der Waals surface area contributed by atoms with Crippen molar-refractivity contribution in [3.05, 3.63) is 69.3 Å². The van der Waals surface area contributed by atoms with Gasteiger partial charge in [-0.3, -0.25) is 14.9 Å². The predicted octanol–water partition coefficient (Wildman–Crippen LogP) is 3.28. The molecule has 0 unspecified atom stereocenters. The summed E-state index contributed by atoms with van der Waals surface area (Å²) >= 11 is 0. The van der Waals surface area contributed by atoms with Crippen LogP contribution in [0.5, 0.6) is 0 Å². The molecule has 0 aliphatic carbocycles. The number of nitro groups is 1. The first kappa shape index (κ1) is 15.2. The Bertz CT molecular complexity index is 778. The highest BCUT2D eigenvalue weighted by Gasteiger charge is 2.13. The minimum Gasteiger partial charge on any atom is -0.380 e. The Morgan fingerprint density at radius 2 is 2.05 bits per heavy atom. The van der Waals surface area contributed by atoms with E-state index >= 15 is 0 Å². The highest BCUT2D eigenvalue weighted by molar-refractivity contribution is 5.95. The van der Waals surface area contributed by atoms with E-state index in [-0.39, 0.29) is 18.0 Å². The number of benzene rings is 2. The molecule has 2 rings (SSSR count). The van der Waals surface area contributed by atoms with Crippen molar-refractivity contribution in [2.75, 3.05) is 5.32 Å². The Morgan fingerprint density at radius 3 is 2.68 bits per heavy atom. The Labute approximate surface area is 127 Å². The second-order valence-electron chi connectivity index (χ2n) is 4.67. The molecule has 0 aliphatic rings. The Hall–Kier alpha value is -3.20. The van der Waals surface area contributed by atoms with Crippen molar-refractivity contribution in [2.45, 2.75) is 13.5 Å². The topological polar surface area (TPSA) is 96.0 Å². The third kappa shape index (κ3) is 3.27. The molecule has 0 aromatic heterocycles. The van der Waals surface area contributed by atoms with Gasteiger partial charge < -0.3 is 5.32 Å².